The maximum atomic E-state index is 12.5. The van der Waals surface area contributed by atoms with Crippen LogP contribution in [0, 0.1) is 5.92 Å². The first-order valence-corrected chi connectivity index (χ1v) is 5.93. The normalized spacial score (nSPS) is 11.6. The smallest absolute Gasteiger partial charge is 0.451 e. The van der Waals surface area contributed by atoms with Crippen LogP contribution in [0.2, 0.25) is 0 Å². The van der Waals surface area contributed by atoms with Gasteiger partial charge in [-0.3, -0.25) is 0 Å². The highest BCUT2D eigenvalue weighted by Gasteiger charge is 2.25. The number of hydrogen-bond donors (Lipinski definition) is 0. The minimum Gasteiger partial charge on any atom is -0.493 e. The average molecular weight is 342 g/mol. The van der Waals surface area contributed by atoms with Crippen molar-refractivity contribution < 1.29 is 18.3 Å². The maximum Gasteiger partial charge on any atom is 0.451 e. The van der Waals surface area contributed by atoms with E-state index < -0.39 is 4.12 Å². The molecular weight excluding hydrogens is 329 g/mol. The van der Waals surface area contributed by atoms with Crippen LogP contribution >= 0.6 is 22.6 Å². The zero-order valence-corrected chi connectivity index (χ0v) is 11.2. The summed E-state index contributed by atoms with van der Waals surface area (Å²) in [6.45, 7) is 4.67. The Morgan fingerprint density at radius 1 is 1.19 bits per heavy atom. The highest BCUT2D eigenvalue weighted by molar-refractivity contribution is 14.1. The lowest BCUT2D eigenvalue weighted by molar-refractivity contribution is -0.0691. The van der Waals surface area contributed by atoms with Gasteiger partial charge in [-0.25, -0.2) is 0 Å². The summed E-state index contributed by atoms with van der Waals surface area (Å²) < 4.78 is 31.6. The van der Waals surface area contributed by atoms with Gasteiger partial charge in [-0.2, -0.15) is 8.78 Å². The molecule has 0 aliphatic rings. The predicted molar refractivity (Wildman–Crippen MR) is 66.4 cm³/mol. The Balaban J connectivity index is 2.54. The molecule has 2 nitrogen and oxygen atoms in total. The molecule has 0 bridgehead atoms. The molecule has 0 saturated heterocycles. The molecule has 0 unspecified atom stereocenters. The first-order valence-electron chi connectivity index (χ1n) is 4.85. The molecule has 5 heteroatoms. The molecule has 16 heavy (non-hydrogen) atoms. The zero-order chi connectivity index (χ0) is 12.2. The summed E-state index contributed by atoms with van der Waals surface area (Å²) in [6.07, 6.45) is 0. The van der Waals surface area contributed by atoms with Gasteiger partial charge in [-0.1, -0.05) is 13.8 Å². The van der Waals surface area contributed by atoms with Gasteiger partial charge < -0.3 is 9.47 Å². The van der Waals surface area contributed by atoms with Crippen molar-refractivity contribution >= 4 is 22.6 Å². The van der Waals surface area contributed by atoms with Crippen molar-refractivity contribution in [2.24, 2.45) is 5.92 Å². The van der Waals surface area contributed by atoms with Crippen LogP contribution in [0.3, 0.4) is 0 Å². The van der Waals surface area contributed by atoms with E-state index in [1.165, 1.54) is 12.1 Å². The monoisotopic (exact) mass is 342 g/mol. The fourth-order valence-corrected chi connectivity index (χ4v) is 1.25. The molecule has 0 aliphatic heterocycles. The number of halogens is 3. The maximum absolute atomic E-state index is 12.5. The summed E-state index contributed by atoms with van der Waals surface area (Å²) in [4.78, 5) is 0. The third kappa shape index (κ3) is 5.48. The predicted octanol–water partition coefficient (Wildman–Crippen LogP) is 4.09. The summed E-state index contributed by atoms with van der Waals surface area (Å²) in [5, 5.41) is 0. The van der Waals surface area contributed by atoms with Gasteiger partial charge >= 0.3 is 4.12 Å². The Bertz CT molecular complexity index is 320. The van der Waals surface area contributed by atoms with Crippen LogP contribution in [0.15, 0.2) is 24.3 Å². The van der Waals surface area contributed by atoms with Crippen LogP contribution in [-0.2, 0) is 0 Å². The molecule has 0 amide bonds. The molecule has 0 atom stereocenters. The largest absolute Gasteiger partial charge is 0.493 e. The summed E-state index contributed by atoms with van der Waals surface area (Å²) in [7, 11) is 0. The first-order chi connectivity index (χ1) is 7.37. The van der Waals surface area contributed by atoms with Crippen LogP contribution in [-0.4, -0.2) is 10.7 Å². The zero-order valence-electron chi connectivity index (χ0n) is 9.04. The molecule has 0 heterocycles. The third-order valence-corrected chi connectivity index (χ3v) is 1.86. The quantitative estimate of drug-likeness (QED) is 0.593. The molecular formula is C11H13F2IO2. The van der Waals surface area contributed by atoms with Crippen molar-refractivity contribution in [1.82, 2.24) is 0 Å². The van der Waals surface area contributed by atoms with Crippen LogP contribution in [0.1, 0.15) is 13.8 Å². The van der Waals surface area contributed by atoms with E-state index in [0.717, 1.165) is 22.6 Å². The number of ether oxygens (including phenoxy) is 2. The fraction of sp³-hybridized carbons (Fsp3) is 0.455. The van der Waals surface area contributed by atoms with Crippen molar-refractivity contribution in [1.29, 1.82) is 0 Å². The lowest BCUT2D eigenvalue weighted by Crippen LogP contribution is -2.14. The minimum absolute atomic E-state index is 0.122. The summed E-state index contributed by atoms with van der Waals surface area (Å²) in [5.74, 6) is 1.20. The first kappa shape index (κ1) is 13.5. The third-order valence-electron chi connectivity index (χ3n) is 1.64. The summed E-state index contributed by atoms with van der Waals surface area (Å²) >= 11 is 0.927. The van der Waals surface area contributed by atoms with Crippen molar-refractivity contribution in [2.45, 2.75) is 18.0 Å². The number of benzene rings is 1. The van der Waals surface area contributed by atoms with Gasteiger partial charge in [0.2, 0.25) is 0 Å². The lowest BCUT2D eigenvalue weighted by atomic mass is 10.2. The van der Waals surface area contributed by atoms with Crippen LogP contribution in [0.25, 0.3) is 0 Å². The Morgan fingerprint density at radius 2 is 1.69 bits per heavy atom. The molecule has 0 spiro atoms. The van der Waals surface area contributed by atoms with Gasteiger partial charge in [-0.05, 0) is 30.2 Å². The van der Waals surface area contributed by atoms with E-state index >= 15 is 0 Å². The van der Waals surface area contributed by atoms with E-state index in [9.17, 15) is 8.78 Å². The van der Waals surface area contributed by atoms with Crippen LogP contribution in [0.4, 0.5) is 8.78 Å². The fourth-order valence-electron chi connectivity index (χ4n) is 1.00. The molecule has 0 saturated carbocycles. The lowest BCUT2D eigenvalue weighted by Gasteiger charge is -2.12. The minimum atomic E-state index is -3.18. The molecule has 1 aromatic carbocycles. The second-order valence-electron chi connectivity index (χ2n) is 3.72. The second-order valence-corrected chi connectivity index (χ2v) is 4.98. The van der Waals surface area contributed by atoms with Crippen molar-refractivity contribution in [3.8, 4) is 11.5 Å². The van der Waals surface area contributed by atoms with E-state index in [1.54, 1.807) is 12.1 Å². The molecule has 1 aromatic rings. The van der Waals surface area contributed by atoms with Crippen molar-refractivity contribution in [3.63, 3.8) is 0 Å². The van der Waals surface area contributed by atoms with E-state index in [4.69, 9.17) is 4.74 Å². The number of hydrogen-bond acceptors (Lipinski definition) is 2. The number of rotatable bonds is 5. The topological polar surface area (TPSA) is 18.5 Å². The Hall–Kier alpha value is -0.590. The van der Waals surface area contributed by atoms with Gasteiger partial charge in [0.05, 0.1) is 29.2 Å². The van der Waals surface area contributed by atoms with Gasteiger partial charge in [0, 0.05) is 0 Å². The van der Waals surface area contributed by atoms with Crippen LogP contribution < -0.4 is 9.47 Å². The van der Waals surface area contributed by atoms with E-state index in [1.807, 2.05) is 13.8 Å². The van der Waals surface area contributed by atoms with E-state index in [-0.39, 0.29) is 5.75 Å². The number of alkyl halides is 3. The average Bonchev–Trinajstić information content (AvgIpc) is 2.14. The highest BCUT2D eigenvalue weighted by Crippen LogP contribution is 2.28. The summed E-state index contributed by atoms with van der Waals surface area (Å²) in [6, 6.07) is 6.14. The van der Waals surface area contributed by atoms with Crippen molar-refractivity contribution in [2.75, 3.05) is 6.61 Å². The van der Waals surface area contributed by atoms with Gasteiger partial charge in [0.25, 0.3) is 0 Å². The SMILES string of the molecule is CC(C)COc1ccc(OC(F)(F)I)cc1. The van der Waals surface area contributed by atoms with Crippen LogP contribution in [0.5, 0.6) is 11.5 Å². The molecule has 0 aliphatic carbocycles. The second kappa shape index (κ2) is 5.65. The molecule has 0 radical (unpaired) electrons. The van der Waals surface area contributed by atoms with Gasteiger partial charge in [-0.15, -0.1) is 0 Å². The Labute approximate surface area is 107 Å². The molecule has 1 rings (SSSR count). The molecule has 0 N–H and O–H groups in total. The van der Waals surface area contributed by atoms with Gasteiger partial charge in [0.15, 0.2) is 0 Å². The molecule has 0 aromatic heterocycles. The Morgan fingerprint density at radius 3 is 2.12 bits per heavy atom. The Kier molecular flexibility index (Phi) is 4.76. The van der Waals surface area contributed by atoms with Crippen molar-refractivity contribution in [3.05, 3.63) is 24.3 Å². The highest BCUT2D eigenvalue weighted by atomic mass is 127. The molecule has 90 valence electrons. The van der Waals surface area contributed by atoms with Gasteiger partial charge in [0.1, 0.15) is 11.5 Å². The standard InChI is InChI=1S/C11H13F2IO2/c1-8(2)7-15-9-3-5-10(6-4-9)16-11(12,13)14/h3-6,8H,7H2,1-2H3. The molecule has 0 fully saturated rings. The summed E-state index contributed by atoms with van der Waals surface area (Å²) in [5.41, 5.74) is 0. The van der Waals surface area contributed by atoms with E-state index in [2.05, 4.69) is 4.74 Å². The van der Waals surface area contributed by atoms with E-state index in [0.29, 0.717) is 18.3 Å².